The highest BCUT2D eigenvalue weighted by atomic mass is 32.2. The van der Waals surface area contributed by atoms with E-state index in [1.165, 1.54) is 12.1 Å². The van der Waals surface area contributed by atoms with Gasteiger partial charge in [-0.1, -0.05) is 30.3 Å². The van der Waals surface area contributed by atoms with Gasteiger partial charge in [0.15, 0.2) is 0 Å². The highest BCUT2D eigenvalue weighted by molar-refractivity contribution is 7.89. The second kappa shape index (κ2) is 10.2. The van der Waals surface area contributed by atoms with Gasteiger partial charge in [-0.25, -0.2) is 13.6 Å². The van der Waals surface area contributed by atoms with Crippen molar-refractivity contribution in [3.8, 4) is 16.9 Å². The van der Waals surface area contributed by atoms with E-state index in [1.54, 1.807) is 54.6 Å². The predicted molar refractivity (Wildman–Crippen MR) is 131 cm³/mol. The zero-order chi connectivity index (χ0) is 24.9. The lowest BCUT2D eigenvalue weighted by molar-refractivity contribution is -0.111. The number of amides is 2. The van der Waals surface area contributed by atoms with Crippen molar-refractivity contribution < 1.29 is 22.7 Å². The first-order chi connectivity index (χ1) is 16.1. The smallest absolute Gasteiger partial charge is 0.252 e. The van der Waals surface area contributed by atoms with Crippen LogP contribution >= 0.6 is 0 Å². The molecule has 3 rings (SSSR count). The molecule has 3 aromatic carbocycles. The first-order valence-corrected chi connectivity index (χ1v) is 11.7. The Bertz CT molecular complexity index is 1350. The Morgan fingerprint density at radius 1 is 1.06 bits per heavy atom. The van der Waals surface area contributed by atoms with E-state index < -0.39 is 32.3 Å². The molecule has 0 saturated carbocycles. The van der Waals surface area contributed by atoms with Crippen LogP contribution in [0.2, 0.25) is 0 Å². The second-order valence-corrected chi connectivity index (χ2v) is 8.68. The molecule has 34 heavy (non-hydrogen) atoms. The van der Waals surface area contributed by atoms with E-state index in [9.17, 15) is 18.0 Å². The summed E-state index contributed by atoms with van der Waals surface area (Å²) in [7, 11) is -4.43. The molecule has 3 aromatic rings. The summed E-state index contributed by atoms with van der Waals surface area (Å²) < 4.78 is 30.1. The number of nitrogens with one attached hydrogen (secondary N) is 1. The van der Waals surface area contributed by atoms with Gasteiger partial charge in [-0.05, 0) is 54.5 Å². The van der Waals surface area contributed by atoms with Crippen LogP contribution in [0.15, 0.2) is 71.6 Å². The SMILES string of the molecule is CCOc1ccc(NC(=O)/C=C/c2cc(-c3ccccc3)c(N)c(C(N)=O)c2S(N)(=O)=O)cc1. The Hall–Kier alpha value is -4.15. The molecule has 2 amide bonds. The van der Waals surface area contributed by atoms with Gasteiger partial charge in [0.2, 0.25) is 15.9 Å². The van der Waals surface area contributed by atoms with E-state index in [0.29, 0.717) is 29.2 Å². The van der Waals surface area contributed by atoms with Crippen molar-refractivity contribution in [1.29, 1.82) is 0 Å². The van der Waals surface area contributed by atoms with Gasteiger partial charge in [-0.15, -0.1) is 0 Å². The van der Waals surface area contributed by atoms with Gasteiger partial charge in [-0.2, -0.15) is 0 Å². The van der Waals surface area contributed by atoms with Crippen molar-refractivity contribution >= 4 is 39.3 Å². The summed E-state index contributed by atoms with van der Waals surface area (Å²) in [5.74, 6) is -0.945. The topological polar surface area (TPSA) is 168 Å². The number of hydrogen-bond donors (Lipinski definition) is 4. The summed E-state index contributed by atoms with van der Waals surface area (Å²) in [5, 5.41) is 8.04. The largest absolute Gasteiger partial charge is 0.494 e. The van der Waals surface area contributed by atoms with Gasteiger partial charge in [0.05, 0.1) is 17.9 Å². The number of carbonyl (C=O) groups excluding carboxylic acids is 2. The van der Waals surface area contributed by atoms with Crippen LogP contribution in [-0.2, 0) is 14.8 Å². The Morgan fingerprint density at radius 3 is 2.26 bits per heavy atom. The Kier molecular flexibility index (Phi) is 7.34. The maximum atomic E-state index is 12.5. The molecule has 176 valence electrons. The Labute approximate surface area is 197 Å². The van der Waals surface area contributed by atoms with Crippen molar-refractivity contribution in [2.75, 3.05) is 17.7 Å². The van der Waals surface area contributed by atoms with E-state index in [-0.39, 0.29) is 11.3 Å². The summed E-state index contributed by atoms with van der Waals surface area (Å²) in [5.41, 5.74) is 12.5. The third-order valence-electron chi connectivity index (χ3n) is 4.81. The van der Waals surface area contributed by atoms with Crippen LogP contribution in [0.5, 0.6) is 5.75 Å². The number of benzene rings is 3. The number of nitrogen functional groups attached to an aromatic ring is 1. The summed E-state index contributed by atoms with van der Waals surface area (Å²) in [6.45, 7) is 2.38. The minimum Gasteiger partial charge on any atom is -0.494 e. The van der Waals surface area contributed by atoms with Crippen LogP contribution in [0.4, 0.5) is 11.4 Å². The predicted octanol–water partition coefficient (Wildman–Crippen LogP) is 2.73. The van der Waals surface area contributed by atoms with Crippen molar-refractivity contribution in [3.05, 3.63) is 77.9 Å². The molecule has 10 heteroatoms. The average Bonchev–Trinajstić information content (AvgIpc) is 2.79. The summed E-state index contributed by atoms with van der Waals surface area (Å²) in [4.78, 5) is 24.1. The summed E-state index contributed by atoms with van der Waals surface area (Å²) in [6, 6.07) is 16.9. The number of rotatable bonds is 8. The van der Waals surface area contributed by atoms with Gasteiger partial charge in [0.25, 0.3) is 5.91 Å². The van der Waals surface area contributed by atoms with E-state index in [0.717, 1.165) is 6.08 Å². The molecule has 0 radical (unpaired) electrons. The minimum absolute atomic E-state index is 0.00815. The number of carbonyl (C=O) groups is 2. The molecule has 0 aliphatic rings. The molecule has 0 atom stereocenters. The molecular formula is C24H24N4O5S. The number of sulfonamides is 1. The van der Waals surface area contributed by atoms with Crippen LogP contribution < -0.4 is 26.7 Å². The van der Waals surface area contributed by atoms with Gasteiger partial charge >= 0.3 is 0 Å². The van der Waals surface area contributed by atoms with Crippen LogP contribution in [0, 0.1) is 0 Å². The normalized spacial score (nSPS) is 11.4. The van der Waals surface area contributed by atoms with E-state index in [4.69, 9.17) is 21.3 Å². The van der Waals surface area contributed by atoms with Crippen LogP contribution in [0.3, 0.4) is 0 Å². The number of ether oxygens (including phenoxy) is 1. The molecule has 0 aliphatic heterocycles. The Morgan fingerprint density at radius 2 is 1.71 bits per heavy atom. The standard InChI is InChI=1S/C24H24N4O5S/c1-2-33-18-11-9-17(10-12-18)28-20(29)13-8-16-14-19(15-6-4-3-5-7-15)22(25)21(24(26)30)23(16)34(27,31)32/h3-14H,2,25H2,1H3,(H2,26,30)(H,28,29)(H2,27,31,32)/b13-8+. The fourth-order valence-electron chi connectivity index (χ4n) is 3.38. The van der Waals surface area contributed by atoms with Crippen molar-refractivity contribution in [3.63, 3.8) is 0 Å². The number of anilines is 2. The second-order valence-electron chi connectivity index (χ2n) is 7.19. The van der Waals surface area contributed by atoms with Gasteiger partial charge in [0.1, 0.15) is 10.6 Å². The molecule has 0 saturated heterocycles. The molecule has 0 aliphatic carbocycles. The molecule has 0 fully saturated rings. The summed E-state index contributed by atoms with van der Waals surface area (Å²) >= 11 is 0. The lowest BCUT2D eigenvalue weighted by Gasteiger charge is -2.16. The number of primary amides is 1. The fourth-order valence-corrected chi connectivity index (χ4v) is 4.33. The quantitative estimate of drug-likeness (QED) is 0.285. The highest BCUT2D eigenvalue weighted by Crippen LogP contribution is 2.35. The van der Waals surface area contributed by atoms with E-state index >= 15 is 0 Å². The molecule has 0 heterocycles. The van der Waals surface area contributed by atoms with Gasteiger partial charge in [-0.3, -0.25) is 9.59 Å². The maximum Gasteiger partial charge on any atom is 0.252 e. The molecule has 9 nitrogen and oxygen atoms in total. The van der Waals surface area contributed by atoms with Crippen LogP contribution in [0.25, 0.3) is 17.2 Å². The van der Waals surface area contributed by atoms with Crippen molar-refractivity contribution in [2.45, 2.75) is 11.8 Å². The fraction of sp³-hybridized carbons (Fsp3) is 0.0833. The zero-order valence-electron chi connectivity index (χ0n) is 18.3. The Balaban J connectivity index is 2.05. The van der Waals surface area contributed by atoms with Gasteiger partial charge in [0, 0.05) is 17.3 Å². The van der Waals surface area contributed by atoms with Crippen molar-refractivity contribution in [1.82, 2.24) is 0 Å². The highest BCUT2D eigenvalue weighted by Gasteiger charge is 2.26. The molecule has 0 unspecified atom stereocenters. The van der Waals surface area contributed by atoms with Crippen molar-refractivity contribution in [2.24, 2.45) is 10.9 Å². The zero-order valence-corrected chi connectivity index (χ0v) is 19.1. The molecule has 0 spiro atoms. The molecule has 0 aromatic heterocycles. The monoisotopic (exact) mass is 480 g/mol. The maximum absolute atomic E-state index is 12.5. The van der Waals surface area contributed by atoms with Crippen LogP contribution in [-0.4, -0.2) is 26.8 Å². The van der Waals surface area contributed by atoms with E-state index in [1.807, 2.05) is 6.92 Å². The third kappa shape index (κ3) is 5.61. The van der Waals surface area contributed by atoms with E-state index in [2.05, 4.69) is 5.32 Å². The molecule has 7 N–H and O–H groups in total. The number of nitrogens with two attached hydrogens (primary N) is 3. The minimum atomic E-state index is -4.43. The lowest BCUT2D eigenvalue weighted by Crippen LogP contribution is -2.24. The first kappa shape index (κ1) is 24.5. The van der Waals surface area contributed by atoms with Crippen LogP contribution in [0.1, 0.15) is 22.8 Å². The number of hydrogen-bond acceptors (Lipinski definition) is 6. The number of primary sulfonamides is 1. The summed E-state index contributed by atoms with van der Waals surface area (Å²) in [6.07, 6.45) is 2.36. The first-order valence-electron chi connectivity index (χ1n) is 10.2. The third-order valence-corrected chi connectivity index (χ3v) is 5.82. The molecular weight excluding hydrogens is 456 g/mol. The molecule has 0 bridgehead atoms. The van der Waals surface area contributed by atoms with Gasteiger partial charge < -0.3 is 21.5 Å². The average molecular weight is 481 g/mol. The lowest BCUT2D eigenvalue weighted by atomic mass is 9.96.